The molecule has 4 rings (SSSR count). The van der Waals surface area contributed by atoms with E-state index in [1.54, 1.807) is 28.6 Å². The fraction of sp³-hybridized carbons (Fsp3) is 0.667. The number of piperidine rings is 2. The zero-order chi connectivity index (χ0) is 18.9. The second-order valence-corrected chi connectivity index (χ2v) is 10.2. The summed E-state index contributed by atoms with van der Waals surface area (Å²) in [7, 11) is -3.45. The van der Waals surface area contributed by atoms with Crippen molar-refractivity contribution in [2.75, 3.05) is 19.6 Å². The van der Waals surface area contributed by atoms with Crippen molar-refractivity contribution in [3.63, 3.8) is 0 Å². The monoisotopic (exact) mass is 390 g/mol. The number of fused-ring (bicyclic) bond motifs is 1. The van der Waals surface area contributed by atoms with Crippen molar-refractivity contribution < 1.29 is 13.2 Å². The number of sulfonamides is 1. The van der Waals surface area contributed by atoms with Gasteiger partial charge < -0.3 is 4.90 Å². The number of hydrogen-bond donors (Lipinski definition) is 0. The number of carbonyl (C=O) groups excluding carboxylic acids is 1. The third-order valence-corrected chi connectivity index (χ3v) is 8.62. The first-order chi connectivity index (χ1) is 13.1. The van der Waals surface area contributed by atoms with Gasteiger partial charge in [0.1, 0.15) is 0 Å². The van der Waals surface area contributed by atoms with E-state index in [-0.39, 0.29) is 11.8 Å². The molecule has 0 aromatic heterocycles. The molecule has 2 saturated heterocycles. The van der Waals surface area contributed by atoms with Crippen molar-refractivity contribution in [2.24, 2.45) is 11.8 Å². The van der Waals surface area contributed by atoms with Gasteiger partial charge in [-0.2, -0.15) is 4.31 Å². The van der Waals surface area contributed by atoms with Crippen LogP contribution < -0.4 is 0 Å². The molecule has 0 spiro atoms. The number of amides is 1. The van der Waals surface area contributed by atoms with Gasteiger partial charge in [-0.25, -0.2) is 8.42 Å². The van der Waals surface area contributed by atoms with Gasteiger partial charge in [-0.15, -0.1) is 0 Å². The van der Waals surface area contributed by atoms with Crippen LogP contribution in [0.3, 0.4) is 0 Å². The standard InChI is InChI=1S/C21H30N2O3S/c24-21(23-14-6-8-17-7-4-5-11-20(17)23)18-12-15-22(16-13-18)27(25,26)19-9-2-1-3-10-19/h1-3,9-10,17-18,20H,4-8,11-16H2. The second kappa shape index (κ2) is 7.92. The average molecular weight is 391 g/mol. The Morgan fingerprint density at radius 2 is 1.52 bits per heavy atom. The minimum atomic E-state index is -3.45. The van der Waals surface area contributed by atoms with E-state index < -0.39 is 10.0 Å². The minimum Gasteiger partial charge on any atom is -0.339 e. The number of nitrogens with zero attached hydrogens (tertiary/aromatic N) is 2. The van der Waals surface area contributed by atoms with Gasteiger partial charge in [0.25, 0.3) is 0 Å². The van der Waals surface area contributed by atoms with Gasteiger partial charge in [-0.3, -0.25) is 4.79 Å². The number of hydrogen-bond acceptors (Lipinski definition) is 3. The Morgan fingerprint density at radius 3 is 2.26 bits per heavy atom. The number of carbonyl (C=O) groups is 1. The first-order valence-electron chi connectivity index (χ1n) is 10.4. The van der Waals surface area contributed by atoms with E-state index >= 15 is 0 Å². The van der Waals surface area contributed by atoms with E-state index in [1.165, 1.54) is 25.7 Å². The van der Waals surface area contributed by atoms with Crippen LogP contribution in [-0.4, -0.2) is 49.2 Å². The van der Waals surface area contributed by atoms with Crippen LogP contribution in [0.5, 0.6) is 0 Å². The number of rotatable bonds is 3. The summed E-state index contributed by atoms with van der Waals surface area (Å²) < 4.78 is 27.1. The molecule has 1 amide bonds. The molecule has 2 heterocycles. The van der Waals surface area contributed by atoms with Crippen LogP contribution in [0.4, 0.5) is 0 Å². The molecule has 1 saturated carbocycles. The molecule has 1 aliphatic carbocycles. The molecule has 1 aromatic carbocycles. The van der Waals surface area contributed by atoms with Gasteiger partial charge in [0.05, 0.1) is 4.90 Å². The van der Waals surface area contributed by atoms with Crippen LogP contribution >= 0.6 is 0 Å². The predicted octanol–water partition coefficient (Wildman–Crippen LogP) is 3.27. The van der Waals surface area contributed by atoms with Gasteiger partial charge in [0, 0.05) is 31.6 Å². The fourth-order valence-electron chi connectivity index (χ4n) is 5.22. The second-order valence-electron chi connectivity index (χ2n) is 8.28. The zero-order valence-electron chi connectivity index (χ0n) is 15.9. The SMILES string of the molecule is O=C(C1CCN(S(=O)(=O)c2ccccc2)CC1)N1CCCC2CCCCC21. The van der Waals surface area contributed by atoms with E-state index in [4.69, 9.17) is 0 Å². The molecule has 0 N–H and O–H groups in total. The Labute approximate surface area is 162 Å². The van der Waals surface area contributed by atoms with Crippen LogP contribution in [0.25, 0.3) is 0 Å². The molecule has 27 heavy (non-hydrogen) atoms. The van der Waals surface area contributed by atoms with Crippen molar-refractivity contribution in [1.82, 2.24) is 9.21 Å². The lowest BCUT2D eigenvalue weighted by atomic mass is 9.77. The Balaban J connectivity index is 1.39. The van der Waals surface area contributed by atoms with Gasteiger partial charge in [-0.1, -0.05) is 31.0 Å². The normalized spacial score (nSPS) is 27.9. The summed E-state index contributed by atoms with van der Waals surface area (Å²) in [5.74, 6) is 0.950. The Kier molecular flexibility index (Phi) is 5.55. The van der Waals surface area contributed by atoms with Gasteiger partial charge in [0.15, 0.2) is 0 Å². The molecule has 2 aliphatic heterocycles. The van der Waals surface area contributed by atoms with Gasteiger partial charge in [-0.05, 0) is 56.6 Å². The lowest BCUT2D eigenvalue weighted by molar-refractivity contribution is -0.143. The molecule has 0 bridgehead atoms. The lowest BCUT2D eigenvalue weighted by Gasteiger charge is -2.46. The average Bonchev–Trinajstić information content (AvgIpc) is 2.73. The molecule has 2 atom stereocenters. The van der Waals surface area contributed by atoms with E-state index in [9.17, 15) is 13.2 Å². The van der Waals surface area contributed by atoms with Crippen molar-refractivity contribution in [2.45, 2.75) is 62.3 Å². The first-order valence-corrected chi connectivity index (χ1v) is 11.9. The maximum absolute atomic E-state index is 13.2. The van der Waals surface area contributed by atoms with E-state index in [1.807, 2.05) is 6.07 Å². The minimum absolute atomic E-state index is 0.0205. The molecule has 148 valence electrons. The molecule has 1 aromatic rings. The van der Waals surface area contributed by atoms with Crippen molar-refractivity contribution in [3.8, 4) is 0 Å². The van der Waals surface area contributed by atoms with E-state index in [0.29, 0.717) is 42.8 Å². The molecule has 0 radical (unpaired) electrons. The molecular weight excluding hydrogens is 360 g/mol. The maximum atomic E-state index is 13.2. The summed E-state index contributed by atoms with van der Waals surface area (Å²) in [6.07, 6.45) is 8.62. The molecule has 5 nitrogen and oxygen atoms in total. The zero-order valence-corrected chi connectivity index (χ0v) is 16.7. The highest BCUT2D eigenvalue weighted by Gasteiger charge is 2.39. The summed E-state index contributed by atoms with van der Waals surface area (Å²) in [6.45, 7) is 1.77. The summed E-state index contributed by atoms with van der Waals surface area (Å²) in [5, 5.41) is 0. The van der Waals surface area contributed by atoms with E-state index in [0.717, 1.165) is 19.4 Å². The number of benzene rings is 1. The Morgan fingerprint density at radius 1 is 0.852 bits per heavy atom. The Hall–Kier alpha value is -1.40. The first kappa shape index (κ1) is 18.9. The highest BCUT2D eigenvalue weighted by Crippen LogP contribution is 2.37. The van der Waals surface area contributed by atoms with Crippen molar-refractivity contribution in [1.29, 1.82) is 0 Å². The molecular formula is C21H30N2O3S. The molecule has 2 unspecified atom stereocenters. The third-order valence-electron chi connectivity index (χ3n) is 6.71. The summed E-state index contributed by atoms with van der Waals surface area (Å²) in [6, 6.07) is 9.04. The highest BCUT2D eigenvalue weighted by molar-refractivity contribution is 7.89. The summed E-state index contributed by atoms with van der Waals surface area (Å²) in [4.78, 5) is 15.7. The third kappa shape index (κ3) is 3.79. The van der Waals surface area contributed by atoms with Crippen molar-refractivity contribution in [3.05, 3.63) is 30.3 Å². The smallest absolute Gasteiger partial charge is 0.243 e. The molecule has 3 aliphatic rings. The number of likely N-dealkylation sites (tertiary alicyclic amines) is 1. The van der Waals surface area contributed by atoms with Crippen LogP contribution in [0.15, 0.2) is 35.2 Å². The summed E-state index contributed by atoms with van der Waals surface area (Å²) in [5.41, 5.74) is 0. The topological polar surface area (TPSA) is 57.7 Å². The van der Waals surface area contributed by atoms with Crippen LogP contribution in [0, 0.1) is 11.8 Å². The highest BCUT2D eigenvalue weighted by atomic mass is 32.2. The molecule has 6 heteroatoms. The lowest BCUT2D eigenvalue weighted by Crippen LogP contribution is -2.53. The van der Waals surface area contributed by atoms with E-state index in [2.05, 4.69) is 4.90 Å². The van der Waals surface area contributed by atoms with Crippen molar-refractivity contribution >= 4 is 15.9 Å². The maximum Gasteiger partial charge on any atom is 0.243 e. The van der Waals surface area contributed by atoms with Crippen LogP contribution in [-0.2, 0) is 14.8 Å². The largest absolute Gasteiger partial charge is 0.339 e. The quantitative estimate of drug-likeness (QED) is 0.796. The van der Waals surface area contributed by atoms with Gasteiger partial charge in [0.2, 0.25) is 15.9 Å². The summed E-state index contributed by atoms with van der Waals surface area (Å²) >= 11 is 0. The molecule has 3 fully saturated rings. The van der Waals surface area contributed by atoms with Crippen LogP contribution in [0.2, 0.25) is 0 Å². The van der Waals surface area contributed by atoms with Gasteiger partial charge >= 0.3 is 0 Å². The fourth-order valence-corrected chi connectivity index (χ4v) is 6.71. The Bertz CT molecular complexity index is 755. The predicted molar refractivity (Wildman–Crippen MR) is 105 cm³/mol. The van der Waals surface area contributed by atoms with Crippen LogP contribution in [0.1, 0.15) is 51.4 Å².